The van der Waals surface area contributed by atoms with Crippen molar-refractivity contribution in [1.82, 2.24) is 15.3 Å². The zero-order chi connectivity index (χ0) is 21.3. The minimum atomic E-state index is -0.902. The number of rotatable bonds is 3. The molecule has 2 aliphatic heterocycles. The molecular formula is C21H22N6O3. The molecule has 154 valence electrons. The molecule has 1 aromatic carbocycles. The zero-order valence-electron chi connectivity index (χ0n) is 16.9. The molecule has 1 N–H and O–H groups in total. The molecular weight excluding hydrogens is 384 g/mol. The Morgan fingerprint density at radius 3 is 2.83 bits per heavy atom. The minimum Gasteiger partial charge on any atom is -0.489 e. The Balaban J connectivity index is 1.53. The normalized spacial score (nSPS) is 18.3. The summed E-state index contributed by atoms with van der Waals surface area (Å²) >= 11 is 0. The fraction of sp³-hybridized carbons (Fsp3) is 0.381. The van der Waals surface area contributed by atoms with Gasteiger partial charge in [-0.2, -0.15) is 5.26 Å². The minimum absolute atomic E-state index is 0.0199. The molecule has 1 unspecified atom stereocenters. The fourth-order valence-electron chi connectivity index (χ4n) is 3.69. The van der Waals surface area contributed by atoms with Crippen molar-refractivity contribution in [2.75, 3.05) is 36.5 Å². The van der Waals surface area contributed by atoms with Gasteiger partial charge in [0.15, 0.2) is 0 Å². The van der Waals surface area contributed by atoms with Crippen molar-refractivity contribution >= 4 is 23.3 Å². The number of nitriles is 1. The predicted octanol–water partition coefficient (Wildman–Crippen LogP) is 1.41. The van der Waals surface area contributed by atoms with E-state index in [9.17, 15) is 9.59 Å². The van der Waals surface area contributed by atoms with E-state index in [4.69, 9.17) is 10.00 Å². The maximum Gasteiger partial charge on any atom is 0.289 e. The molecule has 9 heteroatoms. The number of fused-ring (bicyclic) bond motifs is 1. The molecule has 0 saturated carbocycles. The summed E-state index contributed by atoms with van der Waals surface area (Å²) < 4.78 is 5.73. The summed E-state index contributed by atoms with van der Waals surface area (Å²) in [6.45, 7) is 3.67. The van der Waals surface area contributed by atoms with Gasteiger partial charge in [-0.05, 0) is 31.9 Å². The number of aromatic nitrogens is 2. The van der Waals surface area contributed by atoms with E-state index in [1.54, 1.807) is 31.4 Å². The molecule has 3 heterocycles. The van der Waals surface area contributed by atoms with Crippen LogP contribution in [0.15, 0.2) is 24.4 Å². The van der Waals surface area contributed by atoms with E-state index in [1.165, 1.54) is 4.90 Å². The molecule has 30 heavy (non-hydrogen) atoms. The fourth-order valence-corrected chi connectivity index (χ4v) is 3.69. The molecule has 2 amide bonds. The number of aryl methyl sites for hydroxylation is 1. The van der Waals surface area contributed by atoms with Crippen LogP contribution in [-0.4, -0.2) is 54.6 Å². The van der Waals surface area contributed by atoms with Crippen LogP contribution in [0, 0.1) is 18.3 Å². The third-order valence-corrected chi connectivity index (χ3v) is 5.34. The highest BCUT2D eigenvalue weighted by Crippen LogP contribution is 2.31. The molecule has 0 bridgehead atoms. The van der Waals surface area contributed by atoms with Gasteiger partial charge in [0.05, 0.1) is 17.3 Å². The maximum atomic E-state index is 12.9. The average molecular weight is 406 g/mol. The van der Waals surface area contributed by atoms with Gasteiger partial charge in [0.25, 0.3) is 11.8 Å². The molecule has 0 radical (unpaired) electrons. The van der Waals surface area contributed by atoms with Gasteiger partial charge in [0.1, 0.15) is 24.2 Å². The number of carbonyl (C=O) groups excluding carboxylic acids is 2. The Hall–Kier alpha value is -3.67. The summed E-state index contributed by atoms with van der Waals surface area (Å²) in [5.41, 5.74) is 1.88. The summed E-state index contributed by atoms with van der Waals surface area (Å²) in [5.74, 6) is 0.342. The van der Waals surface area contributed by atoms with Crippen LogP contribution in [0.4, 0.5) is 11.5 Å². The highest BCUT2D eigenvalue weighted by atomic mass is 16.5. The summed E-state index contributed by atoms with van der Waals surface area (Å²) in [4.78, 5) is 37.8. The van der Waals surface area contributed by atoms with Crippen LogP contribution in [-0.2, 0) is 4.79 Å². The van der Waals surface area contributed by atoms with E-state index >= 15 is 0 Å². The number of ether oxygens (including phenoxy) is 1. The van der Waals surface area contributed by atoms with Crippen molar-refractivity contribution < 1.29 is 14.3 Å². The van der Waals surface area contributed by atoms with Crippen LogP contribution in [0.2, 0.25) is 0 Å². The number of likely N-dealkylation sites (N-methyl/N-ethyl adjacent to an activating group) is 1. The van der Waals surface area contributed by atoms with Crippen molar-refractivity contribution in [1.29, 1.82) is 5.26 Å². The molecule has 9 nitrogen and oxygen atoms in total. The third kappa shape index (κ3) is 3.64. The Bertz CT molecular complexity index is 1040. The van der Waals surface area contributed by atoms with Crippen LogP contribution in [0.5, 0.6) is 5.75 Å². The average Bonchev–Trinajstić information content (AvgIpc) is 3.26. The van der Waals surface area contributed by atoms with Gasteiger partial charge in [-0.3, -0.25) is 9.59 Å². The second-order valence-electron chi connectivity index (χ2n) is 7.42. The lowest BCUT2D eigenvalue weighted by atomic mass is 10.2. The molecule has 4 rings (SSSR count). The number of nitrogens with one attached hydrogen (secondary N) is 1. The molecule has 2 aromatic rings. The van der Waals surface area contributed by atoms with E-state index in [2.05, 4.69) is 20.2 Å². The van der Waals surface area contributed by atoms with Crippen molar-refractivity contribution in [3.63, 3.8) is 0 Å². The lowest BCUT2D eigenvalue weighted by Crippen LogP contribution is -2.49. The smallest absolute Gasteiger partial charge is 0.289 e. The Morgan fingerprint density at radius 2 is 2.10 bits per heavy atom. The number of carbonyl (C=O) groups is 2. The lowest BCUT2D eigenvalue weighted by molar-refractivity contribution is -0.120. The summed E-state index contributed by atoms with van der Waals surface area (Å²) in [5, 5.41) is 11.8. The molecule has 2 aliphatic rings. The molecule has 1 fully saturated rings. The van der Waals surface area contributed by atoms with Gasteiger partial charge < -0.3 is 19.9 Å². The van der Waals surface area contributed by atoms with Crippen molar-refractivity contribution in [3.8, 4) is 11.8 Å². The standard InChI is InChI=1S/C21H22N6O3/c1-13-11-23-18(25-19(13)27-7-3-4-8-27)20(28)24-15-12-30-17-9-14(10-22)5-6-16(17)26(2)21(15)29/h5-6,9,11,15H,3-4,7-8,12H2,1-2H3,(H,24,28). The second-order valence-corrected chi connectivity index (χ2v) is 7.42. The van der Waals surface area contributed by atoms with E-state index in [0.717, 1.165) is 37.3 Å². The van der Waals surface area contributed by atoms with Crippen molar-refractivity contribution in [3.05, 3.63) is 41.3 Å². The number of nitrogens with zero attached hydrogens (tertiary/aromatic N) is 5. The molecule has 0 spiro atoms. The highest BCUT2D eigenvalue weighted by molar-refractivity contribution is 6.02. The number of hydrogen-bond acceptors (Lipinski definition) is 7. The Labute approximate surface area is 174 Å². The van der Waals surface area contributed by atoms with E-state index in [-0.39, 0.29) is 18.3 Å². The van der Waals surface area contributed by atoms with Crippen LogP contribution in [0.1, 0.15) is 34.6 Å². The first kappa shape index (κ1) is 19.6. The van der Waals surface area contributed by atoms with Gasteiger partial charge in [-0.1, -0.05) is 0 Å². The van der Waals surface area contributed by atoms with Crippen molar-refractivity contribution in [2.24, 2.45) is 0 Å². The third-order valence-electron chi connectivity index (χ3n) is 5.34. The van der Waals surface area contributed by atoms with Gasteiger partial charge >= 0.3 is 0 Å². The summed E-state index contributed by atoms with van der Waals surface area (Å²) in [6, 6.07) is 5.99. The molecule has 0 aliphatic carbocycles. The van der Waals surface area contributed by atoms with Crippen molar-refractivity contribution in [2.45, 2.75) is 25.8 Å². The number of benzene rings is 1. The first-order valence-corrected chi connectivity index (χ1v) is 9.82. The number of anilines is 2. The topological polar surface area (TPSA) is 111 Å². The van der Waals surface area contributed by atoms with Crippen LogP contribution in [0.25, 0.3) is 0 Å². The number of amides is 2. The second kappa shape index (κ2) is 7.99. The highest BCUT2D eigenvalue weighted by Gasteiger charge is 2.31. The molecule has 1 aromatic heterocycles. The van der Waals surface area contributed by atoms with E-state index < -0.39 is 11.9 Å². The SMILES string of the molecule is Cc1cnc(C(=O)NC2COc3cc(C#N)ccc3N(C)C2=O)nc1N1CCCC1. The van der Waals surface area contributed by atoms with Gasteiger partial charge in [-0.25, -0.2) is 9.97 Å². The van der Waals surface area contributed by atoms with Crippen LogP contribution < -0.4 is 19.9 Å². The summed E-state index contributed by atoms with van der Waals surface area (Å²) in [6.07, 6.45) is 3.82. The Kier molecular flexibility index (Phi) is 5.23. The van der Waals surface area contributed by atoms with E-state index in [0.29, 0.717) is 17.0 Å². The van der Waals surface area contributed by atoms with E-state index in [1.807, 2.05) is 13.0 Å². The van der Waals surface area contributed by atoms with Crippen LogP contribution in [0.3, 0.4) is 0 Å². The predicted molar refractivity (Wildman–Crippen MR) is 110 cm³/mol. The first-order valence-electron chi connectivity index (χ1n) is 9.82. The maximum absolute atomic E-state index is 12.9. The quantitative estimate of drug-likeness (QED) is 0.820. The van der Waals surface area contributed by atoms with Gasteiger partial charge in [0, 0.05) is 38.0 Å². The largest absolute Gasteiger partial charge is 0.489 e. The van der Waals surface area contributed by atoms with Gasteiger partial charge in [0.2, 0.25) is 5.82 Å². The molecule has 1 atom stereocenters. The molecule has 1 saturated heterocycles. The zero-order valence-corrected chi connectivity index (χ0v) is 16.9. The van der Waals surface area contributed by atoms with Crippen LogP contribution >= 0.6 is 0 Å². The van der Waals surface area contributed by atoms with Gasteiger partial charge in [-0.15, -0.1) is 0 Å². The number of hydrogen-bond donors (Lipinski definition) is 1. The lowest BCUT2D eigenvalue weighted by Gasteiger charge is -2.21. The first-order chi connectivity index (χ1) is 14.5. The monoisotopic (exact) mass is 406 g/mol. The Morgan fingerprint density at radius 1 is 1.33 bits per heavy atom. The summed E-state index contributed by atoms with van der Waals surface area (Å²) in [7, 11) is 1.61.